The van der Waals surface area contributed by atoms with Gasteiger partial charge in [-0.15, -0.1) is 0 Å². The number of carboxylic acids is 2. The molecule has 2 aromatic carbocycles. The summed E-state index contributed by atoms with van der Waals surface area (Å²) in [5, 5.41) is 26.8. The third kappa shape index (κ3) is 22.7. The van der Waals surface area contributed by atoms with Gasteiger partial charge in [-0.2, -0.15) is 0 Å². The van der Waals surface area contributed by atoms with Crippen LogP contribution in [0.5, 0.6) is 0 Å². The van der Waals surface area contributed by atoms with Crippen molar-refractivity contribution in [3.05, 3.63) is 94.6 Å². The molecule has 2 amide bonds. The number of aromatic nitrogens is 1. The maximum atomic E-state index is 13.6. The van der Waals surface area contributed by atoms with E-state index in [1.807, 2.05) is 61.5 Å². The normalized spacial score (nSPS) is 13.8. The van der Waals surface area contributed by atoms with Crippen LogP contribution in [-0.4, -0.2) is 93.6 Å². The Hall–Kier alpha value is -5.03. The third-order valence-corrected chi connectivity index (χ3v) is 11.6. The number of aryl methyl sites for hydroxylation is 1. The SMILES string of the molecule is CC(=O)CCC(CP(=O)(O)CCC(N)C(=O)O)C(=O)O.Cc1cc(Cl)cc(C(CC(=O)NCN)NC(=O)C(COCc2ccccc2)CC(=O)CCCCNc2ccccn2)c1. The number of amides is 2. The average Bonchev–Trinajstić information content (AvgIpc) is 3.21. The number of nitrogens with two attached hydrogens (primary N) is 2. The molecule has 0 aliphatic heterocycles. The van der Waals surface area contributed by atoms with E-state index in [1.165, 1.54) is 6.92 Å². The van der Waals surface area contributed by atoms with E-state index < -0.39 is 49.4 Å². The van der Waals surface area contributed by atoms with Crippen molar-refractivity contribution in [3.63, 3.8) is 0 Å². The summed E-state index contributed by atoms with van der Waals surface area (Å²) in [5.74, 6) is -4.46. The number of nitrogens with one attached hydrogen (secondary N) is 3. The summed E-state index contributed by atoms with van der Waals surface area (Å²) in [5.41, 5.74) is 13.3. The molecule has 1 heterocycles. The van der Waals surface area contributed by atoms with Crippen molar-refractivity contribution in [1.82, 2.24) is 15.6 Å². The number of hydrogen-bond donors (Lipinski definition) is 8. The highest BCUT2D eigenvalue weighted by Crippen LogP contribution is 2.44. The van der Waals surface area contributed by atoms with Crippen molar-refractivity contribution >= 4 is 60.1 Å². The van der Waals surface area contributed by atoms with Crippen LogP contribution in [0.2, 0.25) is 5.02 Å². The molecule has 0 saturated carbocycles. The van der Waals surface area contributed by atoms with Crippen LogP contribution < -0.4 is 27.4 Å². The molecule has 62 heavy (non-hydrogen) atoms. The molecular weight excluding hydrogens is 843 g/mol. The summed E-state index contributed by atoms with van der Waals surface area (Å²) in [7, 11) is -3.79. The lowest BCUT2D eigenvalue weighted by Gasteiger charge is -2.23. The monoisotopic (exact) mass is 902 g/mol. The number of carboxylic acid groups (broad SMARTS) is 2. The fourth-order valence-electron chi connectivity index (χ4n) is 6.08. The lowest BCUT2D eigenvalue weighted by atomic mass is 9.96. The quantitative estimate of drug-likeness (QED) is 0.0275. The highest BCUT2D eigenvalue weighted by molar-refractivity contribution is 7.58. The minimum absolute atomic E-state index is 0.0137. The Kier molecular flexibility index (Phi) is 24.5. The van der Waals surface area contributed by atoms with Crippen LogP contribution in [0.15, 0.2) is 72.9 Å². The van der Waals surface area contributed by atoms with Crippen molar-refractivity contribution < 1.29 is 53.2 Å². The topological polar surface area (TPSA) is 290 Å². The van der Waals surface area contributed by atoms with Gasteiger partial charge in [-0.05, 0) is 80.5 Å². The molecule has 0 fully saturated rings. The highest BCUT2D eigenvalue weighted by Gasteiger charge is 2.30. The van der Waals surface area contributed by atoms with E-state index in [2.05, 4.69) is 20.9 Å². The lowest BCUT2D eigenvalue weighted by Crippen LogP contribution is -2.40. The maximum absolute atomic E-state index is 13.6. The van der Waals surface area contributed by atoms with Gasteiger partial charge in [-0.25, -0.2) is 4.98 Å². The summed E-state index contributed by atoms with van der Waals surface area (Å²) in [6.45, 7) is 4.25. The molecule has 0 aliphatic rings. The first-order chi connectivity index (χ1) is 29.4. The molecule has 10 N–H and O–H groups in total. The van der Waals surface area contributed by atoms with E-state index in [1.54, 1.807) is 18.3 Å². The number of unbranched alkanes of at least 4 members (excludes halogenated alkanes) is 1. The molecule has 0 radical (unpaired) electrons. The smallest absolute Gasteiger partial charge is 0.320 e. The predicted octanol–water partition coefficient (Wildman–Crippen LogP) is 4.83. The summed E-state index contributed by atoms with van der Waals surface area (Å²) in [4.78, 5) is 85.2. The fourth-order valence-corrected chi connectivity index (χ4v) is 8.27. The van der Waals surface area contributed by atoms with Gasteiger partial charge < -0.3 is 52.1 Å². The molecule has 0 aliphatic carbocycles. The average molecular weight is 903 g/mol. The van der Waals surface area contributed by atoms with Gasteiger partial charge in [0.15, 0.2) is 0 Å². The molecule has 3 aromatic rings. The van der Waals surface area contributed by atoms with Gasteiger partial charge in [0.25, 0.3) is 0 Å². The summed E-state index contributed by atoms with van der Waals surface area (Å²) in [6, 6.07) is 18.8. The molecular formula is C43H60ClN6O11P. The number of pyridine rings is 1. The van der Waals surface area contributed by atoms with Crippen LogP contribution in [0.25, 0.3) is 0 Å². The van der Waals surface area contributed by atoms with Crippen molar-refractivity contribution in [1.29, 1.82) is 0 Å². The van der Waals surface area contributed by atoms with Crippen LogP contribution in [0.4, 0.5) is 5.82 Å². The van der Waals surface area contributed by atoms with Crippen LogP contribution in [0.1, 0.15) is 81.0 Å². The number of rotatable bonds is 28. The Morgan fingerprint density at radius 3 is 2.23 bits per heavy atom. The fraction of sp³-hybridized carbons (Fsp3) is 0.465. The zero-order valence-corrected chi connectivity index (χ0v) is 36.8. The van der Waals surface area contributed by atoms with Crippen molar-refractivity contribution in [2.75, 3.05) is 37.5 Å². The molecule has 0 saturated heterocycles. The van der Waals surface area contributed by atoms with Crippen molar-refractivity contribution in [2.24, 2.45) is 23.3 Å². The predicted molar refractivity (Wildman–Crippen MR) is 236 cm³/mol. The van der Waals surface area contributed by atoms with Crippen molar-refractivity contribution in [3.8, 4) is 0 Å². The standard InChI is InChI=1S/C32H40ClN5O4.C11H20NO7P/c1-23-15-25(17-27(33)16-23)29(19-31(40)37-22-34)38-32(41)26(21-42-20-24-9-3-2-4-10-24)18-28(39)11-5-7-13-35-30-12-6-8-14-36-30;1-7(13)2-3-8(10(14)15)6-20(18,19)5-4-9(12)11(16)17/h2-4,6,8-10,12,14-17,26,29H,5,7,11,13,18-22,34H2,1H3,(H,35,36)(H,37,40)(H,38,41);8-9H,2-6,12H2,1H3,(H,14,15)(H,16,17)(H,18,19). The number of aliphatic carboxylic acids is 2. The molecule has 5 atom stereocenters. The first-order valence-electron chi connectivity index (χ1n) is 20.2. The number of ketones is 2. The Labute approximate surface area is 367 Å². The van der Waals surface area contributed by atoms with Crippen molar-refractivity contribution in [2.45, 2.75) is 83.9 Å². The van der Waals surface area contributed by atoms with Gasteiger partial charge >= 0.3 is 11.9 Å². The van der Waals surface area contributed by atoms with E-state index in [4.69, 9.17) is 38.0 Å². The first kappa shape index (κ1) is 53.1. The number of anilines is 1. The second-order valence-electron chi connectivity index (χ2n) is 14.9. The minimum atomic E-state index is -3.79. The molecule has 340 valence electrons. The summed E-state index contributed by atoms with van der Waals surface area (Å²) in [6.07, 6.45) is 2.50. The molecule has 3 rings (SSSR count). The number of hydrogen-bond acceptors (Lipinski definition) is 12. The van der Waals surface area contributed by atoms with Gasteiger partial charge in [0, 0.05) is 49.4 Å². The van der Waals surface area contributed by atoms with Crippen LogP contribution in [0.3, 0.4) is 0 Å². The van der Waals surface area contributed by atoms with E-state index in [-0.39, 0.29) is 74.9 Å². The van der Waals surface area contributed by atoms with Gasteiger partial charge in [0.05, 0.1) is 44.2 Å². The van der Waals surface area contributed by atoms with E-state index in [0.29, 0.717) is 36.6 Å². The Morgan fingerprint density at radius 1 is 0.903 bits per heavy atom. The number of nitrogens with zero attached hydrogens (tertiary/aromatic N) is 1. The number of carbonyl (C=O) groups is 6. The van der Waals surface area contributed by atoms with Gasteiger partial charge in [0.1, 0.15) is 23.4 Å². The maximum Gasteiger partial charge on any atom is 0.320 e. The zero-order chi connectivity index (χ0) is 46.1. The van der Waals surface area contributed by atoms with Crippen LogP contribution in [0, 0.1) is 18.8 Å². The zero-order valence-electron chi connectivity index (χ0n) is 35.2. The van der Waals surface area contributed by atoms with Crippen LogP contribution >= 0.6 is 19.0 Å². The highest BCUT2D eigenvalue weighted by atomic mass is 35.5. The molecule has 1 aromatic heterocycles. The Morgan fingerprint density at radius 2 is 1.61 bits per heavy atom. The number of Topliss-reactive ketones (excluding diaryl/α,β-unsaturated/α-hetero) is 2. The molecule has 5 unspecified atom stereocenters. The van der Waals surface area contributed by atoms with E-state index >= 15 is 0 Å². The molecule has 0 spiro atoms. The lowest BCUT2D eigenvalue weighted by molar-refractivity contribution is -0.141. The Bertz CT molecular complexity index is 1920. The van der Waals surface area contributed by atoms with Gasteiger partial charge in [0.2, 0.25) is 19.2 Å². The molecule has 0 bridgehead atoms. The second-order valence-corrected chi connectivity index (χ2v) is 17.9. The summed E-state index contributed by atoms with van der Waals surface area (Å²) >= 11 is 6.29. The molecule has 17 nitrogen and oxygen atoms in total. The van der Waals surface area contributed by atoms with E-state index in [9.17, 15) is 38.2 Å². The Balaban J connectivity index is 0.000000557. The van der Waals surface area contributed by atoms with E-state index in [0.717, 1.165) is 23.4 Å². The number of halogens is 1. The minimum Gasteiger partial charge on any atom is -0.481 e. The third-order valence-electron chi connectivity index (χ3n) is 9.41. The number of carbonyl (C=O) groups excluding carboxylic acids is 4. The van der Waals surface area contributed by atoms with Gasteiger partial charge in [-0.1, -0.05) is 54.1 Å². The number of ether oxygens (including phenoxy) is 1. The van der Waals surface area contributed by atoms with Gasteiger partial charge in [-0.3, -0.25) is 28.5 Å². The first-order valence-corrected chi connectivity index (χ1v) is 22.6. The second kappa shape index (κ2) is 28.5. The molecule has 19 heteroatoms. The number of benzene rings is 2. The largest absolute Gasteiger partial charge is 0.481 e. The van der Waals surface area contributed by atoms with Crippen LogP contribution in [-0.2, 0) is 44.7 Å². The summed E-state index contributed by atoms with van der Waals surface area (Å²) < 4.78 is 17.8.